The van der Waals surface area contributed by atoms with Crippen LogP contribution in [0.3, 0.4) is 0 Å². The Bertz CT molecular complexity index is 1150. The summed E-state index contributed by atoms with van der Waals surface area (Å²) in [5.41, 5.74) is -3.45. The highest BCUT2D eigenvalue weighted by Crippen LogP contribution is 2.77. The summed E-state index contributed by atoms with van der Waals surface area (Å²) >= 11 is 0. The average Bonchev–Trinajstić information content (AvgIpc) is 3.49. The Labute approximate surface area is 263 Å². The Hall–Kier alpha value is -1.71. The van der Waals surface area contributed by atoms with E-state index in [0.29, 0.717) is 24.2 Å². The fraction of sp³-hybridized carbons (Fsp3) is 0.914. The van der Waals surface area contributed by atoms with Gasteiger partial charge < -0.3 is 29.2 Å². The number of rotatable bonds is 8. The molecule has 1 heterocycles. The van der Waals surface area contributed by atoms with Crippen molar-refractivity contribution in [2.24, 2.45) is 46.3 Å². The number of ether oxygens (including phenoxy) is 4. The van der Waals surface area contributed by atoms with Crippen LogP contribution < -0.4 is 0 Å². The fourth-order valence-electron chi connectivity index (χ4n) is 11.4. The molecule has 9 heteroatoms. The molecule has 5 fully saturated rings. The lowest BCUT2D eigenvalue weighted by atomic mass is 9.44. The lowest BCUT2D eigenvalue weighted by molar-refractivity contribution is -0.171. The molecule has 0 aromatic carbocycles. The second-order valence-electron chi connectivity index (χ2n) is 16.1. The molecule has 0 amide bonds. The van der Waals surface area contributed by atoms with Crippen LogP contribution in [0.2, 0.25) is 0 Å². The van der Waals surface area contributed by atoms with Gasteiger partial charge in [-0.15, -0.1) is 0 Å². The highest BCUT2D eigenvalue weighted by atomic mass is 16.7. The minimum absolute atomic E-state index is 0.0743. The summed E-state index contributed by atoms with van der Waals surface area (Å²) in [6.45, 7) is 16.4. The molecular formula is C35H56O9. The molecule has 0 aromatic rings. The first-order chi connectivity index (χ1) is 20.4. The quantitative estimate of drug-likeness (QED) is 0.219. The van der Waals surface area contributed by atoms with E-state index in [4.69, 9.17) is 18.9 Å². The highest BCUT2D eigenvalue weighted by molar-refractivity contribution is 5.67. The predicted molar refractivity (Wildman–Crippen MR) is 162 cm³/mol. The summed E-state index contributed by atoms with van der Waals surface area (Å²) in [5, 5.41) is 22.6. The van der Waals surface area contributed by atoms with Gasteiger partial charge in [-0.25, -0.2) is 0 Å². The number of hydrogen-bond acceptors (Lipinski definition) is 9. The minimum atomic E-state index is -1.06. The Morgan fingerprint density at radius 3 is 2.20 bits per heavy atom. The number of carbonyl (C=O) groups excluding carboxylic acids is 3. The molecule has 2 N–H and O–H groups in total. The molecule has 0 bridgehead atoms. The molecule has 5 aliphatic rings. The fourth-order valence-corrected chi connectivity index (χ4v) is 11.4. The van der Waals surface area contributed by atoms with Crippen molar-refractivity contribution >= 4 is 17.9 Å². The van der Waals surface area contributed by atoms with Gasteiger partial charge >= 0.3 is 17.9 Å². The van der Waals surface area contributed by atoms with Crippen LogP contribution in [0.15, 0.2) is 0 Å². The summed E-state index contributed by atoms with van der Waals surface area (Å²) in [5.74, 6) is -0.345. The molecular weight excluding hydrogens is 564 g/mol. The Kier molecular flexibility index (Phi) is 8.58. The maximum atomic E-state index is 12.6. The molecule has 5 rings (SSSR count). The van der Waals surface area contributed by atoms with Gasteiger partial charge in [0.15, 0.2) is 0 Å². The summed E-state index contributed by atoms with van der Waals surface area (Å²) < 4.78 is 24.5. The van der Waals surface area contributed by atoms with Crippen LogP contribution in [0.5, 0.6) is 0 Å². The summed E-state index contributed by atoms with van der Waals surface area (Å²) in [6, 6.07) is 0. The number of epoxide rings is 1. The number of aliphatic hydroxyl groups excluding tert-OH is 2. The van der Waals surface area contributed by atoms with Crippen LogP contribution >= 0.6 is 0 Å². The molecule has 4 aliphatic carbocycles. The molecule has 9 nitrogen and oxygen atoms in total. The first-order valence-electron chi connectivity index (χ1n) is 16.9. The minimum Gasteiger partial charge on any atom is -0.465 e. The van der Waals surface area contributed by atoms with Crippen LogP contribution in [0, 0.1) is 46.3 Å². The maximum absolute atomic E-state index is 12.6. The zero-order chi connectivity index (χ0) is 32.6. The van der Waals surface area contributed by atoms with Crippen molar-refractivity contribution in [3.05, 3.63) is 0 Å². The largest absolute Gasteiger partial charge is 0.465 e. The molecule has 13 unspecified atom stereocenters. The molecule has 4 saturated carbocycles. The van der Waals surface area contributed by atoms with Gasteiger partial charge in [0.05, 0.1) is 12.2 Å². The second kappa shape index (κ2) is 11.2. The van der Waals surface area contributed by atoms with E-state index in [9.17, 15) is 24.6 Å². The first kappa shape index (κ1) is 33.6. The summed E-state index contributed by atoms with van der Waals surface area (Å²) in [7, 11) is 0. The van der Waals surface area contributed by atoms with Gasteiger partial charge in [0.2, 0.25) is 0 Å². The normalized spacial score (nSPS) is 44.8. The van der Waals surface area contributed by atoms with Crippen LogP contribution in [0.4, 0.5) is 0 Å². The lowest BCUT2D eigenvalue weighted by Gasteiger charge is -2.61. The van der Waals surface area contributed by atoms with Crippen molar-refractivity contribution in [3.8, 4) is 0 Å². The zero-order valence-corrected chi connectivity index (χ0v) is 28.3. The molecule has 13 atom stereocenters. The van der Waals surface area contributed by atoms with Gasteiger partial charge in [-0.3, -0.25) is 14.4 Å². The molecule has 1 saturated heterocycles. The lowest BCUT2D eigenvalue weighted by Crippen LogP contribution is -2.60. The van der Waals surface area contributed by atoms with E-state index in [1.54, 1.807) is 0 Å². The van der Waals surface area contributed by atoms with Gasteiger partial charge in [-0.1, -0.05) is 20.8 Å². The Morgan fingerprint density at radius 2 is 1.59 bits per heavy atom. The standard InChI is InChI=1S/C35H56O9/c1-19(20(2)31(6,7)43-23(5)38)30(42-22(4)37)33(9)35(44-33)29(40)17-28-26-11-10-24-16-25(39)12-14-32(24,8)27(26)13-15-34(28,35)18-41-21(3)36/h19-20,24-30,39-40H,10-18H2,1-9H3. The Balaban J connectivity index is 1.53. The van der Waals surface area contributed by atoms with Crippen LogP contribution in [-0.2, 0) is 33.3 Å². The van der Waals surface area contributed by atoms with E-state index in [1.165, 1.54) is 20.8 Å². The van der Waals surface area contributed by atoms with Crippen molar-refractivity contribution < 1.29 is 43.5 Å². The monoisotopic (exact) mass is 620 g/mol. The third-order valence-electron chi connectivity index (χ3n) is 13.7. The number of fused-ring (bicyclic) bond motifs is 6. The number of esters is 3. The maximum Gasteiger partial charge on any atom is 0.303 e. The van der Waals surface area contributed by atoms with E-state index in [2.05, 4.69) is 6.92 Å². The average molecular weight is 621 g/mol. The van der Waals surface area contributed by atoms with Crippen molar-refractivity contribution in [1.29, 1.82) is 0 Å². The van der Waals surface area contributed by atoms with Gasteiger partial charge in [0.25, 0.3) is 0 Å². The molecule has 0 radical (unpaired) electrons. The number of carbonyl (C=O) groups is 3. The molecule has 0 aromatic heterocycles. The van der Waals surface area contributed by atoms with Crippen molar-refractivity contribution in [2.75, 3.05) is 6.61 Å². The van der Waals surface area contributed by atoms with E-state index in [-0.39, 0.29) is 47.8 Å². The molecule has 44 heavy (non-hydrogen) atoms. The SMILES string of the molecule is CC(=O)OCC12CCC3C(CCC4CC(O)CCC43C)C1CC(O)C21OC1(C)C(OC(C)=O)C(C)C(C)C(C)(C)OC(C)=O. The topological polar surface area (TPSA) is 132 Å². The van der Waals surface area contributed by atoms with Crippen molar-refractivity contribution in [3.63, 3.8) is 0 Å². The van der Waals surface area contributed by atoms with Gasteiger partial charge in [0.1, 0.15) is 29.5 Å². The van der Waals surface area contributed by atoms with E-state index >= 15 is 0 Å². The van der Waals surface area contributed by atoms with E-state index < -0.39 is 40.4 Å². The van der Waals surface area contributed by atoms with Gasteiger partial charge in [-0.2, -0.15) is 0 Å². The molecule has 1 aliphatic heterocycles. The highest BCUT2D eigenvalue weighted by Gasteiger charge is 2.88. The smallest absolute Gasteiger partial charge is 0.303 e. The predicted octanol–water partition coefficient (Wildman–Crippen LogP) is 4.98. The second-order valence-corrected chi connectivity index (χ2v) is 16.1. The van der Waals surface area contributed by atoms with Crippen molar-refractivity contribution in [2.45, 2.75) is 149 Å². The van der Waals surface area contributed by atoms with Gasteiger partial charge in [0, 0.05) is 38.0 Å². The van der Waals surface area contributed by atoms with Crippen molar-refractivity contribution in [1.82, 2.24) is 0 Å². The van der Waals surface area contributed by atoms with Crippen LogP contribution in [-0.4, -0.2) is 69.8 Å². The first-order valence-corrected chi connectivity index (χ1v) is 16.9. The third kappa shape index (κ3) is 4.93. The number of aliphatic hydroxyl groups is 2. The third-order valence-corrected chi connectivity index (χ3v) is 13.7. The summed E-state index contributed by atoms with van der Waals surface area (Å²) in [4.78, 5) is 36.9. The van der Waals surface area contributed by atoms with Gasteiger partial charge in [-0.05, 0) is 101 Å². The Morgan fingerprint density at radius 1 is 0.909 bits per heavy atom. The van der Waals surface area contributed by atoms with E-state index in [1.807, 2.05) is 34.6 Å². The number of hydrogen-bond donors (Lipinski definition) is 2. The van der Waals surface area contributed by atoms with E-state index in [0.717, 1.165) is 44.9 Å². The zero-order valence-electron chi connectivity index (χ0n) is 28.3. The molecule has 1 spiro atoms. The molecule has 250 valence electrons. The van der Waals surface area contributed by atoms with Crippen LogP contribution in [0.1, 0.15) is 114 Å². The van der Waals surface area contributed by atoms with Crippen LogP contribution in [0.25, 0.3) is 0 Å². The summed E-state index contributed by atoms with van der Waals surface area (Å²) in [6.07, 6.45) is 5.19.